The zero-order valence-electron chi connectivity index (χ0n) is 18.1. The van der Waals surface area contributed by atoms with Gasteiger partial charge in [-0.1, -0.05) is 0 Å². The van der Waals surface area contributed by atoms with Crippen LogP contribution < -0.4 is 5.32 Å². The summed E-state index contributed by atoms with van der Waals surface area (Å²) in [5.41, 5.74) is 3.48. The number of aromatic nitrogens is 4. The number of nitrogens with zero attached hydrogens (tertiary/aromatic N) is 4. The molecule has 168 valence electrons. The van der Waals surface area contributed by atoms with Crippen LogP contribution in [-0.2, 0) is 4.79 Å². The summed E-state index contributed by atoms with van der Waals surface area (Å²) in [6, 6.07) is 11.8. The largest absolute Gasteiger partial charge is 0.342 e. The number of hydrogen-bond acceptors (Lipinski definition) is 4. The number of benzene rings is 2. The quantitative estimate of drug-likeness (QED) is 0.498. The number of likely N-dealkylation sites (tertiary alicyclic amines) is 1. The van der Waals surface area contributed by atoms with Gasteiger partial charge in [-0.05, 0) is 55.3 Å². The summed E-state index contributed by atoms with van der Waals surface area (Å²) >= 11 is 0. The number of carbonyl (C=O) groups is 2. The van der Waals surface area contributed by atoms with Gasteiger partial charge < -0.3 is 15.2 Å². The molecule has 0 spiro atoms. The molecule has 5 rings (SSSR count). The number of piperidine rings is 1. The Bertz CT molecular complexity index is 1320. The number of carbonyl (C=O) groups excluding carboxylic acids is 2. The van der Waals surface area contributed by atoms with Crippen LogP contribution in [0, 0.1) is 5.82 Å². The van der Waals surface area contributed by atoms with Gasteiger partial charge in [0.25, 0.3) is 5.91 Å². The van der Waals surface area contributed by atoms with E-state index in [9.17, 15) is 14.0 Å². The van der Waals surface area contributed by atoms with Crippen LogP contribution in [0.3, 0.4) is 0 Å². The summed E-state index contributed by atoms with van der Waals surface area (Å²) in [4.78, 5) is 33.9. The molecule has 2 amide bonds. The van der Waals surface area contributed by atoms with Gasteiger partial charge in [-0.15, -0.1) is 0 Å². The topological polar surface area (TPSA) is 95.9 Å². The maximum absolute atomic E-state index is 13.4. The van der Waals surface area contributed by atoms with Crippen molar-refractivity contribution in [2.24, 2.45) is 0 Å². The number of fused-ring (bicyclic) bond motifs is 1. The molecule has 2 N–H and O–H groups in total. The van der Waals surface area contributed by atoms with Gasteiger partial charge in [0.15, 0.2) is 0 Å². The molecule has 1 saturated heterocycles. The standard InChI is InChI=1S/C24H23FN6O2/c1-15(32)27-19-13-26-31(14-19)20-5-2-17(3-6-20)24(33)30-10-8-16(9-11-30)23-28-21-7-4-18(25)12-22(21)29-23/h2-7,12-14,16H,8-11H2,1H3,(H,27,32)(H,28,29). The normalized spacial score (nSPS) is 14.5. The van der Waals surface area contributed by atoms with E-state index in [1.54, 1.807) is 35.3 Å². The SMILES string of the molecule is CC(=O)Nc1cnn(-c2ccc(C(=O)N3CCC(c4nc5ccc(F)cc5[nH]4)CC3)cc2)c1. The van der Waals surface area contributed by atoms with E-state index in [2.05, 4.69) is 20.4 Å². The number of rotatable bonds is 4. The van der Waals surface area contributed by atoms with Gasteiger partial charge in [0, 0.05) is 31.5 Å². The Morgan fingerprint density at radius 3 is 2.61 bits per heavy atom. The highest BCUT2D eigenvalue weighted by Crippen LogP contribution is 2.28. The van der Waals surface area contributed by atoms with E-state index in [1.165, 1.54) is 19.1 Å². The van der Waals surface area contributed by atoms with Crippen molar-refractivity contribution in [1.82, 2.24) is 24.6 Å². The number of hydrogen-bond donors (Lipinski definition) is 2. The minimum Gasteiger partial charge on any atom is -0.342 e. The molecule has 4 aromatic rings. The summed E-state index contributed by atoms with van der Waals surface area (Å²) in [5, 5.41) is 6.92. The molecule has 33 heavy (non-hydrogen) atoms. The van der Waals surface area contributed by atoms with E-state index in [4.69, 9.17) is 0 Å². The molecule has 9 heteroatoms. The minimum atomic E-state index is -0.287. The smallest absolute Gasteiger partial charge is 0.253 e. The molecular weight excluding hydrogens is 423 g/mol. The van der Waals surface area contributed by atoms with E-state index in [1.807, 2.05) is 17.0 Å². The Kier molecular flexibility index (Phi) is 5.37. The lowest BCUT2D eigenvalue weighted by molar-refractivity contribution is -0.114. The van der Waals surface area contributed by atoms with E-state index < -0.39 is 0 Å². The van der Waals surface area contributed by atoms with Crippen molar-refractivity contribution in [3.05, 3.63) is 72.1 Å². The number of aromatic amines is 1. The van der Waals surface area contributed by atoms with E-state index >= 15 is 0 Å². The molecular formula is C24H23FN6O2. The average Bonchev–Trinajstić information content (AvgIpc) is 3.45. The lowest BCUT2D eigenvalue weighted by Crippen LogP contribution is -2.38. The first-order chi connectivity index (χ1) is 16.0. The molecule has 8 nitrogen and oxygen atoms in total. The maximum Gasteiger partial charge on any atom is 0.253 e. The second-order valence-corrected chi connectivity index (χ2v) is 8.25. The molecule has 0 unspecified atom stereocenters. The first-order valence-corrected chi connectivity index (χ1v) is 10.8. The summed E-state index contributed by atoms with van der Waals surface area (Å²) in [6.07, 6.45) is 4.88. The average molecular weight is 446 g/mol. The predicted octanol–water partition coefficient (Wildman–Crippen LogP) is 3.87. The van der Waals surface area contributed by atoms with Crippen LogP contribution in [0.25, 0.3) is 16.7 Å². The lowest BCUT2D eigenvalue weighted by Gasteiger charge is -2.31. The zero-order valence-corrected chi connectivity index (χ0v) is 18.1. The van der Waals surface area contributed by atoms with E-state index in [-0.39, 0.29) is 23.5 Å². The molecule has 3 heterocycles. The first kappa shape index (κ1) is 20.9. The second kappa shape index (κ2) is 8.50. The number of amides is 2. The Hall–Kier alpha value is -4.01. The van der Waals surface area contributed by atoms with Crippen LogP contribution in [0.1, 0.15) is 41.9 Å². The van der Waals surface area contributed by atoms with Crippen LogP contribution in [0.5, 0.6) is 0 Å². The van der Waals surface area contributed by atoms with Gasteiger partial charge in [-0.2, -0.15) is 5.10 Å². The lowest BCUT2D eigenvalue weighted by atomic mass is 9.95. The van der Waals surface area contributed by atoms with Gasteiger partial charge in [0.1, 0.15) is 11.6 Å². The number of anilines is 1. The third-order valence-corrected chi connectivity index (χ3v) is 5.91. The molecule has 0 atom stereocenters. The molecule has 2 aromatic carbocycles. The predicted molar refractivity (Wildman–Crippen MR) is 122 cm³/mol. The van der Waals surface area contributed by atoms with Crippen LogP contribution in [0.4, 0.5) is 10.1 Å². The molecule has 2 aromatic heterocycles. The zero-order chi connectivity index (χ0) is 22.9. The van der Waals surface area contributed by atoms with Gasteiger partial charge in [-0.25, -0.2) is 14.1 Å². The highest BCUT2D eigenvalue weighted by atomic mass is 19.1. The monoisotopic (exact) mass is 446 g/mol. The minimum absolute atomic E-state index is 0.00826. The van der Waals surface area contributed by atoms with Crippen molar-refractivity contribution in [1.29, 1.82) is 0 Å². The third kappa shape index (κ3) is 4.34. The van der Waals surface area contributed by atoms with Crippen LogP contribution in [0.15, 0.2) is 54.9 Å². The van der Waals surface area contributed by atoms with Gasteiger partial charge in [0.2, 0.25) is 5.91 Å². The fourth-order valence-electron chi connectivity index (χ4n) is 4.22. The fraction of sp³-hybridized carbons (Fsp3) is 0.250. The van der Waals surface area contributed by atoms with Gasteiger partial charge >= 0.3 is 0 Å². The van der Waals surface area contributed by atoms with Crippen molar-refractivity contribution >= 4 is 28.5 Å². The summed E-state index contributed by atoms with van der Waals surface area (Å²) in [5.74, 6) is 0.610. The van der Waals surface area contributed by atoms with E-state index in [0.717, 1.165) is 29.9 Å². The number of imidazole rings is 1. The molecule has 0 saturated carbocycles. The molecule has 1 aliphatic rings. The van der Waals surface area contributed by atoms with Gasteiger partial charge in [0.05, 0.1) is 34.8 Å². The third-order valence-electron chi connectivity index (χ3n) is 5.91. The number of nitrogens with one attached hydrogen (secondary N) is 2. The number of H-pyrrole nitrogens is 1. The highest BCUT2D eigenvalue weighted by Gasteiger charge is 2.26. The maximum atomic E-state index is 13.4. The highest BCUT2D eigenvalue weighted by molar-refractivity contribution is 5.94. The van der Waals surface area contributed by atoms with E-state index in [0.29, 0.717) is 29.9 Å². The summed E-state index contributed by atoms with van der Waals surface area (Å²) in [7, 11) is 0. The first-order valence-electron chi connectivity index (χ1n) is 10.8. The Morgan fingerprint density at radius 1 is 1.12 bits per heavy atom. The van der Waals surface area contributed by atoms with Crippen LogP contribution >= 0.6 is 0 Å². The van der Waals surface area contributed by atoms with Crippen molar-refractivity contribution in [2.45, 2.75) is 25.7 Å². The van der Waals surface area contributed by atoms with Crippen molar-refractivity contribution < 1.29 is 14.0 Å². The van der Waals surface area contributed by atoms with Crippen LogP contribution in [-0.4, -0.2) is 49.6 Å². The Morgan fingerprint density at radius 2 is 1.88 bits per heavy atom. The Balaban J connectivity index is 1.22. The van der Waals surface area contributed by atoms with Crippen LogP contribution in [0.2, 0.25) is 0 Å². The van der Waals surface area contributed by atoms with Gasteiger partial charge in [-0.3, -0.25) is 9.59 Å². The molecule has 0 radical (unpaired) electrons. The Labute approximate surface area is 189 Å². The molecule has 0 aliphatic carbocycles. The number of halogens is 1. The fourth-order valence-corrected chi connectivity index (χ4v) is 4.22. The summed E-state index contributed by atoms with van der Waals surface area (Å²) < 4.78 is 15.1. The second-order valence-electron chi connectivity index (χ2n) is 8.25. The van der Waals surface area contributed by atoms with Crippen molar-refractivity contribution in [3.8, 4) is 5.69 Å². The van der Waals surface area contributed by atoms with Crippen molar-refractivity contribution in [2.75, 3.05) is 18.4 Å². The molecule has 0 bridgehead atoms. The molecule has 1 fully saturated rings. The summed E-state index contributed by atoms with van der Waals surface area (Å²) in [6.45, 7) is 2.71. The van der Waals surface area contributed by atoms with Crippen molar-refractivity contribution in [3.63, 3.8) is 0 Å². The molecule has 1 aliphatic heterocycles.